The molecule has 1 atom stereocenters. The molecule has 1 aromatic carbocycles. The summed E-state index contributed by atoms with van der Waals surface area (Å²) in [5, 5.41) is 17.8. The number of ether oxygens (including phenoxy) is 1. The van der Waals surface area contributed by atoms with Crippen molar-refractivity contribution in [3.8, 4) is 11.8 Å². The van der Waals surface area contributed by atoms with Crippen LogP contribution in [0.4, 0.5) is 0 Å². The minimum atomic E-state index is -0.0573. The molecule has 0 saturated heterocycles. The fourth-order valence-electron chi connectivity index (χ4n) is 1.17. The first-order valence-corrected chi connectivity index (χ1v) is 5.01. The van der Waals surface area contributed by atoms with Crippen LogP contribution in [0.5, 0.6) is 5.75 Å². The number of nitrogens with zero attached hydrogens (tertiary/aromatic N) is 1. The van der Waals surface area contributed by atoms with Crippen LogP contribution in [0.3, 0.4) is 0 Å². The van der Waals surface area contributed by atoms with E-state index < -0.39 is 0 Å². The van der Waals surface area contributed by atoms with Gasteiger partial charge in [0.15, 0.2) is 0 Å². The Bertz CT molecular complexity index is 368. The van der Waals surface area contributed by atoms with Gasteiger partial charge in [-0.05, 0) is 31.0 Å². The van der Waals surface area contributed by atoms with Gasteiger partial charge in [-0.3, -0.25) is 0 Å². The molecule has 0 radical (unpaired) electrons. The van der Waals surface area contributed by atoms with Crippen molar-refractivity contribution >= 4 is 0 Å². The third kappa shape index (κ3) is 2.97. The van der Waals surface area contributed by atoms with Crippen molar-refractivity contribution < 1.29 is 9.84 Å². The molecule has 3 heteroatoms. The van der Waals surface area contributed by atoms with E-state index in [0.29, 0.717) is 11.3 Å². The maximum Gasteiger partial charge on any atom is 0.137 e. The summed E-state index contributed by atoms with van der Waals surface area (Å²) in [5.41, 5.74) is 1.20. The van der Waals surface area contributed by atoms with E-state index in [-0.39, 0.29) is 12.7 Å². The Hall–Kier alpha value is -1.53. The number of rotatable bonds is 4. The summed E-state index contributed by atoms with van der Waals surface area (Å²) in [4.78, 5) is 0. The van der Waals surface area contributed by atoms with Crippen LogP contribution >= 0.6 is 0 Å². The molecule has 0 saturated carbocycles. The summed E-state index contributed by atoms with van der Waals surface area (Å²) in [5.74, 6) is 0.587. The van der Waals surface area contributed by atoms with Crippen molar-refractivity contribution in [3.05, 3.63) is 29.3 Å². The van der Waals surface area contributed by atoms with Gasteiger partial charge in [-0.25, -0.2) is 0 Å². The molecular weight excluding hydrogens is 190 g/mol. The third-order valence-electron chi connectivity index (χ3n) is 2.25. The van der Waals surface area contributed by atoms with E-state index in [1.807, 2.05) is 13.8 Å². The first kappa shape index (κ1) is 11.5. The molecule has 0 spiro atoms. The molecule has 15 heavy (non-hydrogen) atoms. The van der Waals surface area contributed by atoms with Crippen molar-refractivity contribution in [1.29, 1.82) is 5.26 Å². The highest BCUT2D eigenvalue weighted by Gasteiger charge is 2.07. The van der Waals surface area contributed by atoms with E-state index in [1.165, 1.54) is 0 Å². The van der Waals surface area contributed by atoms with Crippen LogP contribution in [0.1, 0.15) is 31.4 Å². The highest BCUT2D eigenvalue weighted by molar-refractivity contribution is 5.45. The van der Waals surface area contributed by atoms with E-state index in [1.54, 1.807) is 18.2 Å². The van der Waals surface area contributed by atoms with Crippen LogP contribution in [0.2, 0.25) is 0 Å². The van der Waals surface area contributed by atoms with Crippen LogP contribution in [-0.2, 0) is 6.61 Å². The zero-order valence-electron chi connectivity index (χ0n) is 9.03. The van der Waals surface area contributed by atoms with Crippen molar-refractivity contribution in [2.75, 3.05) is 0 Å². The summed E-state index contributed by atoms with van der Waals surface area (Å²) in [6.45, 7) is 3.93. The molecule has 1 N–H and O–H groups in total. The predicted molar refractivity (Wildman–Crippen MR) is 57.5 cm³/mol. The smallest absolute Gasteiger partial charge is 0.137 e. The second kappa shape index (κ2) is 5.38. The quantitative estimate of drug-likeness (QED) is 0.820. The van der Waals surface area contributed by atoms with E-state index in [0.717, 1.165) is 12.0 Å². The van der Waals surface area contributed by atoms with E-state index in [2.05, 4.69) is 6.07 Å². The topological polar surface area (TPSA) is 53.2 Å². The van der Waals surface area contributed by atoms with E-state index >= 15 is 0 Å². The van der Waals surface area contributed by atoms with Gasteiger partial charge in [0, 0.05) is 0 Å². The molecule has 0 bridgehead atoms. The third-order valence-corrected chi connectivity index (χ3v) is 2.25. The average molecular weight is 205 g/mol. The molecule has 0 aliphatic heterocycles. The molecule has 1 aromatic rings. The molecule has 0 fully saturated rings. The van der Waals surface area contributed by atoms with Gasteiger partial charge in [-0.1, -0.05) is 13.0 Å². The first-order valence-electron chi connectivity index (χ1n) is 5.01. The van der Waals surface area contributed by atoms with Gasteiger partial charge in [-0.15, -0.1) is 0 Å². The Labute approximate surface area is 89.9 Å². The minimum absolute atomic E-state index is 0.0573. The van der Waals surface area contributed by atoms with Gasteiger partial charge in [0.25, 0.3) is 0 Å². The molecule has 0 aliphatic carbocycles. The van der Waals surface area contributed by atoms with Crippen LogP contribution < -0.4 is 4.74 Å². The van der Waals surface area contributed by atoms with Gasteiger partial charge in [0.1, 0.15) is 11.8 Å². The van der Waals surface area contributed by atoms with Crippen molar-refractivity contribution in [1.82, 2.24) is 0 Å². The summed E-state index contributed by atoms with van der Waals surface area (Å²) < 4.78 is 5.58. The molecular formula is C12H15NO2. The summed E-state index contributed by atoms with van der Waals surface area (Å²) >= 11 is 0. The second-order valence-electron chi connectivity index (χ2n) is 3.44. The SMILES string of the molecule is CC[C@@H](C)Oc1ccc(CO)cc1C#N. The van der Waals surface area contributed by atoms with Crippen LogP contribution in [-0.4, -0.2) is 11.2 Å². The Morgan fingerprint density at radius 2 is 2.27 bits per heavy atom. The maximum absolute atomic E-state index is 8.93. The number of nitriles is 1. The Morgan fingerprint density at radius 3 is 2.80 bits per heavy atom. The van der Waals surface area contributed by atoms with Gasteiger partial charge in [0.05, 0.1) is 18.3 Å². The Kier molecular flexibility index (Phi) is 4.14. The fraction of sp³-hybridized carbons (Fsp3) is 0.417. The van der Waals surface area contributed by atoms with Gasteiger partial charge >= 0.3 is 0 Å². The normalized spacial score (nSPS) is 11.9. The lowest BCUT2D eigenvalue weighted by Gasteiger charge is -2.13. The molecule has 1 rings (SSSR count). The first-order chi connectivity index (χ1) is 7.21. The van der Waals surface area contributed by atoms with E-state index in [4.69, 9.17) is 15.1 Å². The number of benzene rings is 1. The highest BCUT2D eigenvalue weighted by Crippen LogP contribution is 2.21. The average Bonchev–Trinajstić information content (AvgIpc) is 2.29. The molecule has 0 amide bonds. The lowest BCUT2D eigenvalue weighted by molar-refractivity contribution is 0.216. The van der Waals surface area contributed by atoms with Gasteiger partial charge in [0.2, 0.25) is 0 Å². The van der Waals surface area contributed by atoms with Gasteiger partial charge in [-0.2, -0.15) is 5.26 Å². The Balaban J connectivity index is 2.94. The molecule has 0 unspecified atom stereocenters. The van der Waals surface area contributed by atoms with Crippen LogP contribution in [0, 0.1) is 11.3 Å². The standard InChI is InChI=1S/C12H15NO2/c1-3-9(2)15-12-5-4-10(8-14)6-11(12)7-13/h4-6,9,14H,3,8H2,1-2H3/t9-/m1/s1. The number of hydrogen-bond donors (Lipinski definition) is 1. The zero-order chi connectivity index (χ0) is 11.3. The van der Waals surface area contributed by atoms with Crippen molar-refractivity contribution in [3.63, 3.8) is 0 Å². The highest BCUT2D eigenvalue weighted by atomic mass is 16.5. The molecule has 3 nitrogen and oxygen atoms in total. The van der Waals surface area contributed by atoms with Crippen LogP contribution in [0.15, 0.2) is 18.2 Å². The summed E-state index contributed by atoms with van der Waals surface area (Å²) in [6, 6.07) is 7.21. The maximum atomic E-state index is 8.93. The monoisotopic (exact) mass is 205 g/mol. The lowest BCUT2D eigenvalue weighted by atomic mass is 10.1. The number of hydrogen-bond acceptors (Lipinski definition) is 3. The Morgan fingerprint density at radius 1 is 1.53 bits per heavy atom. The van der Waals surface area contributed by atoms with Crippen LogP contribution in [0.25, 0.3) is 0 Å². The molecule has 0 heterocycles. The predicted octanol–water partition coefficient (Wildman–Crippen LogP) is 2.23. The molecule has 80 valence electrons. The largest absolute Gasteiger partial charge is 0.489 e. The van der Waals surface area contributed by atoms with Crippen molar-refractivity contribution in [2.45, 2.75) is 33.0 Å². The number of aliphatic hydroxyl groups excluding tert-OH is 1. The summed E-state index contributed by atoms with van der Waals surface area (Å²) in [6.07, 6.45) is 0.990. The fourth-order valence-corrected chi connectivity index (χ4v) is 1.17. The number of aliphatic hydroxyl groups is 1. The van der Waals surface area contributed by atoms with E-state index in [9.17, 15) is 0 Å². The lowest BCUT2D eigenvalue weighted by Crippen LogP contribution is -2.10. The molecule has 0 aromatic heterocycles. The van der Waals surface area contributed by atoms with Gasteiger partial charge < -0.3 is 9.84 Å². The second-order valence-corrected chi connectivity index (χ2v) is 3.44. The summed E-state index contributed by atoms with van der Waals surface area (Å²) in [7, 11) is 0. The minimum Gasteiger partial charge on any atom is -0.489 e. The molecule has 0 aliphatic rings. The van der Waals surface area contributed by atoms with Crippen molar-refractivity contribution in [2.24, 2.45) is 0 Å². The zero-order valence-corrected chi connectivity index (χ0v) is 9.03.